The monoisotopic (exact) mass is 284 g/mol. The molecule has 0 aromatic carbocycles. The number of hydrogen-bond acceptors (Lipinski definition) is 3. The molecule has 0 aliphatic carbocycles. The van der Waals surface area contributed by atoms with E-state index in [1.54, 1.807) is 25.4 Å². The number of hydrogen-bond donors (Lipinski definition) is 2. The predicted molar refractivity (Wildman–Crippen MR) is 68.5 cm³/mol. The number of aromatic nitrogens is 1. The molecule has 1 aromatic heterocycles. The lowest BCUT2D eigenvalue weighted by molar-refractivity contribution is 0.830. The Hall–Kier alpha value is -1.43. The van der Waals surface area contributed by atoms with Crippen molar-refractivity contribution in [2.45, 2.75) is 11.4 Å². The first-order valence-corrected chi connectivity index (χ1v) is 5.57. The minimum atomic E-state index is -0.375. The van der Waals surface area contributed by atoms with Crippen LogP contribution in [-0.2, 0) is 13.6 Å². The highest BCUT2D eigenvalue weighted by molar-refractivity contribution is 9.10. The van der Waals surface area contributed by atoms with Gasteiger partial charge in [0, 0.05) is 25.0 Å². The van der Waals surface area contributed by atoms with E-state index in [1.165, 1.54) is 4.57 Å². The van der Waals surface area contributed by atoms with Crippen molar-refractivity contribution in [2.24, 2.45) is 17.8 Å². The number of amidine groups is 1. The second-order valence-electron chi connectivity index (χ2n) is 3.26. The van der Waals surface area contributed by atoms with Crippen molar-refractivity contribution in [3.63, 3.8) is 0 Å². The molecule has 0 amide bonds. The maximum absolute atomic E-state index is 11.6. The van der Waals surface area contributed by atoms with Gasteiger partial charge in [-0.1, -0.05) is 22.0 Å². The molecule has 1 atom stereocenters. The van der Waals surface area contributed by atoms with E-state index in [-0.39, 0.29) is 16.9 Å². The smallest absolute Gasteiger partial charge is 0.255 e. The fraction of sp³-hybridized carbons (Fsp3) is 0.300. The zero-order valence-corrected chi connectivity index (χ0v) is 10.4. The molecule has 0 aliphatic rings. The first kappa shape index (κ1) is 12.6. The number of alkyl halides is 1. The van der Waals surface area contributed by atoms with Gasteiger partial charge >= 0.3 is 0 Å². The van der Waals surface area contributed by atoms with Gasteiger partial charge in [-0.05, 0) is 6.07 Å². The second-order valence-corrected chi connectivity index (χ2v) is 4.25. The number of nitrogens with zero attached hydrogens (tertiary/aromatic N) is 2. The Kier molecular flexibility index (Phi) is 4.42. The predicted octanol–water partition coefficient (Wildman–Crippen LogP) is 0.656. The maximum Gasteiger partial charge on any atom is 0.255 e. The Labute approximate surface area is 102 Å². The molecular formula is C10H13BrN4O. The highest BCUT2D eigenvalue weighted by Gasteiger charge is 2.05. The lowest BCUT2D eigenvalue weighted by atomic mass is 10.3. The zero-order valence-electron chi connectivity index (χ0n) is 8.85. The van der Waals surface area contributed by atoms with E-state index in [4.69, 9.17) is 11.1 Å². The van der Waals surface area contributed by atoms with Gasteiger partial charge < -0.3 is 15.7 Å². The molecule has 1 aromatic rings. The summed E-state index contributed by atoms with van der Waals surface area (Å²) in [7, 11) is 1.68. The molecule has 1 rings (SSSR count). The van der Waals surface area contributed by atoms with Gasteiger partial charge in [-0.3, -0.25) is 9.79 Å². The van der Waals surface area contributed by atoms with Crippen molar-refractivity contribution in [1.29, 1.82) is 5.41 Å². The van der Waals surface area contributed by atoms with Gasteiger partial charge in [0.05, 0.1) is 6.54 Å². The van der Waals surface area contributed by atoms with Crippen LogP contribution in [0.2, 0.25) is 0 Å². The largest absolute Gasteiger partial charge is 0.386 e. The molecule has 0 fully saturated rings. The van der Waals surface area contributed by atoms with Crippen LogP contribution in [0.5, 0.6) is 0 Å². The van der Waals surface area contributed by atoms with E-state index in [0.717, 1.165) is 6.21 Å². The van der Waals surface area contributed by atoms with Crippen LogP contribution in [0.15, 0.2) is 28.1 Å². The summed E-state index contributed by atoms with van der Waals surface area (Å²) in [6.07, 6.45) is 2.83. The Bertz CT molecular complexity index is 466. The highest BCUT2D eigenvalue weighted by Crippen LogP contribution is 1.99. The number of aryl methyl sites for hydroxylation is 1. The molecule has 6 heteroatoms. The fourth-order valence-electron chi connectivity index (χ4n) is 1.12. The Morgan fingerprint density at radius 1 is 1.81 bits per heavy atom. The number of aliphatic imine (C=N–C) groups is 1. The molecule has 0 radical (unpaired) electrons. The lowest BCUT2D eigenvalue weighted by Gasteiger charge is -2.03. The summed E-state index contributed by atoms with van der Waals surface area (Å²) in [6.45, 7) is 0.231. The summed E-state index contributed by atoms with van der Waals surface area (Å²) in [5, 5.41) is 7.00. The lowest BCUT2D eigenvalue weighted by Crippen LogP contribution is -2.26. The van der Waals surface area contributed by atoms with Crippen molar-refractivity contribution in [3.05, 3.63) is 34.2 Å². The molecule has 1 unspecified atom stereocenters. The van der Waals surface area contributed by atoms with Gasteiger partial charge in [-0.25, -0.2) is 0 Å². The molecule has 0 saturated carbocycles. The van der Waals surface area contributed by atoms with Crippen LogP contribution in [0.1, 0.15) is 5.56 Å². The SMILES string of the molecule is Cn1cccc(CN=C(N)C(Br)C=N)c1=O. The molecule has 0 bridgehead atoms. The van der Waals surface area contributed by atoms with Crippen molar-refractivity contribution in [1.82, 2.24) is 4.57 Å². The number of nitrogens with one attached hydrogen (secondary N) is 1. The van der Waals surface area contributed by atoms with Crippen molar-refractivity contribution < 1.29 is 0 Å². The van der Waals surface area contributed by atoms with Crippen molar-refractivity contribution in [3.8, 4) is 0 Å². The second kappa shape index (κ2) is 5.60. The summed E-state index contributed by atoms with van der Waals surface area (Å²) in [5.74, 6) is 0.293. The minimum Gasteiger partial charge on any atom is -0.386 e. The van der Waals surface area contributed by atoms with E-state index in [1.807, 2.05) is 0 Å². The number of nitrogens with two attached hydrogens (primary N) is 1. The standard InChI is InChI=1S/C10H13BrN4O/c1-15-4-2-3-7(10(15)16)6-14-9(13)8(11)5-12/h2-5,8,12H,6H2,1H3,(H2,13,14). The van der Waals surface area contributed by atoms with Crippen LogP contribution in [0.25, 0.3) is 0 Å². The quantitative estimate of drug-likeness (QED) is 0.484. The molecular weight excluding hydrogens is 272 g/mol. The molecule has 3 N–H and O–H groups in total. The Balaban J connectivity index is 2.86. The highest BCUT2D eigenvalue weighted by atomic mass is 79.9. The third-order valence-electron chi connectivity index (χ3n) is 2.06. The summed E-state index contributed by atoms with van der Waals surface area (Å²) < 4.78 is 1.49. The first-order chi connectivity index (χ1) is 7.56. The van der Waals surface area contributed by atoms with Crippen molar-refractivity contribution >= 4 is 28.0 Å². The van der Waals surface area contributed by atoms with Gasteiger partial charge in [-0.15, -0.1) is 0 Å². The molecule has 16 heavy (non-hydrogen) atoms. The van der Waals surface area contributed by atoms with Crippen LogP contribution in [0.3, 0.4) is 0 Å². The van der Waals surface area contributed by atoms with Gasteiger partial charge in [0.15, 0.2) is 0 Å². The van der Waals surface area contributed by atoms with Crippen molar-refractivity contribution in [2.75, 3.05) is 0 Å². The molecule has 86 valence electrons. The van der Waals surface area contributed by atoms with Crippen LogP contribution in [0.4, 0.5) is 0 Å². The topological polar surface area (TPSA) is 84.2 Å². The molecule has 0 spiro atoms. The first-order valence-electron chi connectivity index (χ1n) is 4.65. The van der Waals surface area contributed by atoms with E-state index in [0.29, 0.717) is 11.4 Å². The minimum absolute atomic E-state index is 0.0833. The van der Waals surface area contributed by atoms with Gasteiger partial charge in [-0.2, -0.15) is 0 Å². The van der Waals surface area contributed by atoms with Crippen LogP contribution >= 0.6 is 15.9 Å². The van der Waals surface area contributed by atoms with E-state index in [9.17, 15) is 4.79 Å². The molecule has 1 heterocycles. The average Bonchev–Trinajstić information content (AvgIpc) is 2.29. The third kappa shape index (κ3) is 3.03. The van der Waals surface area contributed by atoms with Crippen LogP contribution < -0.4 is 11.3 Å². The van der Waals surface area contributed by atoms with Gasteiger partial charge in [0.1, 0.15) is 10.7 Å². The third-order valence-corrected chi connectivity index (χ3v) is 2.80. The summed E-state index contributed by atoms with van der Waals surface area (Å²) in [6, 6.07) is 3.50. The molecule has 0 saturated heterocycles. The van der Waals surface area contributed by atoms with Crippen LogP contribution in [-0.4, -0.2) is 21.4 Å². The zero-order chi connectivity index (χ0) is 12.1. The number of halogens is 1. The van der Waals surface area contributed by atoms with Gasteiger partial charge in [0.25, 0.3) is 5.56 Å². The normalized spacial score (nSPS) is 13.5. The Morgan fingerprint density at radius 3 is 3.12 bits per heavy atom. The number of pyridine rings is 1. The van der Waals surface area contributed by atoms with E-state index < -0.39 is 0 Å². The Morgan fingerprint density at radius 2 is 2.50 bits per heavy atom. The maximum atomic E-state index is 11.6. The summed E-state index contributed by atoms with van der Waals surface area (Å²) in [5.41, 5.74) is 6.10. The fourth-order valence-corrected chi connectivity index (χ4v) is 1.27. The average molecular weight is 285 g/mol. The summed E-state index contributed by atoms with van der Waals surface area (Å²) in [4.78, 5) is 15.3. The van der Waals surface area contributed by atoms with E-state index >= 15 is 0 Å². The molecule has 5 nitrogen and oxygen atoms in total. The van der Waals surface area contributed by atoms with Gasteiger partial charge in [0.2, 0.25) is 0 Å². The van der Waals surface area contributed by atoms with Crippen LogP contribution in [0, 0.1) is 5.41 Å². The number of rotatable bonds is 4. The van der Waals surface area contributed by atoms with E-state index in [2.05, 4.69) is 20.9 Å². The summed E-state index contributed by atoms with van der Waals surface area (Å²) >= 11 is 3.17. The molecule has 0 aliphatic heterocycles.